The van der Waals surface area contributed by atoms with Crippen molar-refractivity contribution in [2.45, 2.75) is 57.1 Å². The van der Waals surface area contributed by atoms with E-state index in [1.807, 2.05) is 27.7 Å². The molecule has 1 rings (SSSR count). The summed E-state index contributed by atoms with van der Waals surface area (Å²) in [6, 6.07) is -0.0287. The number of carbonyl (C=O) groups excluding carboxylic acids is 1. The molecule has 1 unspecified atom stereocenters. The van der Waals surface area contributed by atoms with Gasteiger partial charge in [-0.25, -0.2) is 4.79 Å². The minimum absolute atomic E-state index is 0.0287. The fourth-order valence-electron chi connectivity index (χ4n) is 1.17. The second-order valence-electron chi connectivity index (χ2n) is 4.90. The Hall–Kier alpha value is -0.440. The molecule has 1 fully saturated rings. The van der Waals surface area contributed by atoms with Crippen LogP contribution in [0.1, 0.15) is 40.5 Å². The molecule has 14 heavy (non-hydrogen) atoms. The van der Waals surface area contributed by atoms with Gasteiger partial charge in [0.05, 0.1) is 4.87 Å². The molecular formula is C10H18ClNO2. The van der Waals surface area contributed by atoms with Crippen LogP contribution in [0.3, 0.4) is 0 Å². The van der Waals surface area contributed by atoms with E-state index >= 15 is 0 Å². The predicted octanol–water partition coefficient (Wildman–Crippen LogP) is 2.67. The molecule has 0 bridgehead atoms. The average Bonchev–Trinajstić information content (AvgIpc) is 2.64. The zero-order chi connectivity index (χ0) is 11.0. The van der Waals surface area contributed by atoms with Crippen LogP contribution in [0, 0.1) is 0 Å². The van der Waals surface area contributed by atoms with Crippen molar-refractivity contribution in [2.24, 2.45) is 0 Å². The topological polar surface area (TPSA) is 38.3 Å². The van der Waals surface area contributed by atoms with E-state index in [0.717, 1.165) is 12.8 Å². The van der Waals surface area contributed by atoms with E-state index in [2.05, 4.69) is 5.32 Å². The molecule has 1 aliphatic rings. The highest BCUT2D eigenvalue weighted by Crippen LogP contribution is 2.45. The number of amides is 1. The molecule has 82 valence electrons. The fourth-order valence-corrected chi connectivity index (χ4v) is 1.32. The predicted molar refractivity (Wildman–Crippen MR) is 56.6 cm³/mol. The van der Waals surface area contributed by atoms with E-state index in [9.17, 15) is 4.79 Å². The Labute approximate surface area is 90.1 Å². The number of carbonyl (C=O) groups is 1. The summed E-state index contributed by atoms with van der Waals surface area (Å²) in [6.07, 6.45) is 1.54. The molecule has 0 radical (unpaired) electrons. The Morgan fingerprint density at radius 2 is 2.00 bits per heavy atom. The molecule has 0 heterocycles. The van der Waals surface area contributed by atoms with Crippen molar-refractivity contribution in [3.63, 3.8) is 0 Å². The van der Waals surface area contributed by atoms with Gasteiger partial charge in [-0.15, -0.1) is 11.6 Å². The Morgan fingerprint density at radius 3 is 2.36 bits per heavy atom. The number of rotatable bonds is 2. The van der Waals surface area contributed by atoms with Gasteiger partial charge < -0.3 is 10.1 Å². The van der Waals surface area contributed by atoms with Crippen molar-refractivity contribution >= 4 is 17.7 Å². The molecule has 0 spiro atoms. The van der Waals surface area contributed by atoms with E-state index < -0.39 is 11.7 Å². The number of alkyl carbamates (subject to hydrolysis) is 1. The molecular weight excluding hydrogens is 202 g/mol. The number of alkyl halides is 1. The van der Waals surface area contributed by atoms with Gasteiger partial charge in [-0.3, -0.25) is 0 Å². The third-order valence-electron chi connectivity index (χ3n) is 2.24. The molecule has 3 nitrogen and oxygen atoms in total. The lowest BCUT2D eigenvalue weighted by Crippen LogP contribution is -2.42. The second-order valence-corrected chi connectivity index (χ2v) is 5.66. The molecule has 0 saturated heterocycles. The maximum atomic E-state index is 11.4. The number of ether oxygens (including phenoxy) is 1. The van der Waals surface area contributed by atoms with Crippen LogP contribution < -0.4 is 5.32 Å². The van der Waals surface area contributed by atoms with Crippen LogP contribution in [0.15, 0.2) is 0 Å². The number of nitrogens with one attached hydrogen (secondary N) is 1. The first kappa shape index (κ1) is 11.6. The highest BCUT2D eigenvalue weighted by atomic mass is 35.5. The first-order valence-electron chi connectivity index (χ1n) is 4.91. The fraction of sp³-hybridized carbons (Fsp3) is 0.900. The van der Waals surface area contributed by atoms with Crippen molar-refractivity contribution in [1.29, 1.82) is 0 Å². The van der Waals surface area contributed by atoms with Crippen molar-refractivity contribution in [2.75, 3.05) is 0 Å². The SMILES string of the molecule is CC(NC(=O)OC(C)(C)C)C1(Cl)CC1. The Bertz CT molecular complexity index is 231. The van der Waals surface area contributed by atoms with Gasteiger partial charge in [-0.2, -0.15) is 0 Å². The van der Waals surface area contributed by atoms with Crippen molar-refractivity contribution in [1.82, 2.24) is 5.32 Å². The summed E-state index contributed by atoms with van der Waals surface area (Å²) in [5.74, 6) is 0. The molecule has 4 heteroatoms. The zero-order valence-electron chi connectivity index (χ0n) is 9.19. The zero-order valence-corrected chi connectivity index (χ0v) is 9.94. The monoisotopic (exact) mass is 219 g/mol. The van der Waals surface area contributed by atoms with Gasteiger partial charge in [0.1, 0.15) is 5.60 Å². The van der Waals surface area contributed by atoms with Gasteiger partial charge in [-0.1, -0.05) is 0 Å². The van der Waals surface area contributed by atoms with Gasteiger partial charge in [0.15, 0.2) is 0 Å². The molecule has 0 aliphatic heterocycles. The van der Waals surface area contributed by atoms with Gasteiger partial charge in [0.2, 0.25) is 0 Å². The summed E-state index contributed by atoms with van der Waals surface area (Å²) >= 11 is 6.14. The lowest BCUT2D eigenvalue weighted by atomic mass is 10.2. The summed E-state index contributed by atoms with van der Waals surface area (Å²) in [5, 5.41) is 2.75. The molecule has 1 amide bonds. The largest absolute Gasteiger partial charge is 0.444 e. The highest BCUT2D eigenvalue weighted by Gasteiger charge is 2.46. The van der Waals surface area contributed by atoms with E-state index in [1.165, 1.54) is 0 Å². The smallest absolute Gasteiger partial charge is 0.407 e. The summed E-state index contributed by atoms with van der Waals surface area (Å²) in [4.78, 5) is 11.1. The standard InChI is InChI=1S/C10H18ClNO2/c1-7(10(11)5-6-10)12-8(13)14-9(2,3)4/h7H,5-6H2,1-4H3,(H,12,13). The molecule has 1 atom stereocenters. The Kier molecular flexibility index (Phi) is 3.00. The van der Waals surface area contributed by atoms with Crippen LogP contribution in [0.25, 0.3) is 0 Å². The van der Waals surface area contributed by atoms with Crippen molar-refractivity contribution < 1.29 is 9.53 Å². The van der Waals surface area contributed by atoms with Crippen LogP contribution in [0.4, 0.5) is 4.79 Å². The highest BCUT2D eigenvalue weighted by molar-refractivity contribution is 6.26. The average molecular weight is 220 g/mol. The second kappa shape index (κ2) is 3.61. The van der Waals surface area contributed by atoms with Gasteiger partial charge in [0, 0.05) is 6.04 Å². The molecule has 1 N–H and O–H groups in total. The van der Waals surface area contributed by atoms with E-state index in [0.29, 0.717) is 0 Å². The first-order chi connectivity index (χ1) is 6.23. The quantitative estimate of drug-likeness (QED) is 0.726. The maximum Gasteiger partial charge on any atom is 0.407 e. The van der Waals surface area contributed by atoms with Gasteiger partial charge in [-0.05, 0) is 40.5 Å². The molecule has 0 aromatic rings. The van der Waals surface area contributed by atoms with E-state index in [4.69, 9.17) is 16.3 Å². The third kappa shape index (κ3) is 3.37. The summed E-state index contributed by atoms with van der Waals surface area (Å²) in [6.45, 7) is 7.42. The molecule has 0 aromatic carbocycles. The number of hydrogen-bond acceptors (Lipinski definition) is 2. The van der Waals surface area contributed by atoms with Crippen molar-refractivity contribution in [3.05, 3.63) is 0 Å². The number of hydrogen-bond donors (Lipinski definition) is 1. The van der Waals surface area contributed by atoms with Gasteiger partial charge >= 0.3 is 6.09 Å². The molecule has 1 saturated carbocycles. The van der Waals surface area contributed by atoms with E-state index in [-0.39, 0.29) is 10.9 Å². The Morgan fingerprint density at radius 1 is 1.50 bits per heavy atom. The molecule has 1 aliphatic carbocycles. The normalized spacial score (nSPS) is 21.2. The minimum Gasteiger partial charge on any atom is -0.444 e. The summed E-state index contributed by atoms with van der Waals surface area (Å²) < 4.78 is 5.12. The summed E-state index contributed by atoms with van der Waals surface area (Å²) in [7, 11) is 0. The lowest BCUT2D eigenvalue weighted by molar-refractivity contribution is 0.0505. The molecule has 0 aromatic heterocycles. The van der Waals surface area contributed by atoms with Crippen LogP contribution in [0.2, 0.25) is 0 Å². The van der Waals surface area contributed by atoms with Crippen LogP contribution in [0.5, 0.6) is 0 Å². The van der Waals surface area contributed by atoms with E-state index in [1.54, 1.807) is 0 Å². The van der Waals surface area contributed by atoms with Crippen LogP contribution in [-0.2, 0) is 4.74 Å². The number of halogens is 1. The van der Waals surface area contributed by atoms with Gasteiger partial charge in [0.25, 0.3) is 0 Å². The minimum atomic E-state index is -0.452. The lowest BCUT2D eigenvalue weighted by Gasteiger charge is -2.23. The van der Waals surface area contributed by atoms with Crippen molar-refractivity contribution in [3.8, 4) is 0 Å². The third-order valence-corrected chi connectivity index (χ3v) is 2.94. The maximum absolute atomic E-state index is 11.4. The summed E-state index contributed by atoms with van der Waals surface area (Å²) in [5.41, 5.74) is -0.452. The first-order valence-corrected chi connectivity index (χ1v) is 5.29. The Balaban J connectivity index is 2.34. The van der Waals surface area contributed by atoms with Crippen LogP contribution >= 0.6 is 11.6 Å². The van der Waals surface area contributed by atoms with Crippen LogP contribution in [-0.4, -0.2) is 22.6 Å².